The van der Waals surface area contributed by atoms with E-state index in [0.717, 1.165) is 0 Å². The summed E-state index contributed by atoms with van der Waals surface area (Å²) in [5.74, 6) is 1.52. The van der Waals surface area contributed by atoms with Crippen LogP contribution in [0.3, 0.4) is 0 Å². The molecule has 29 heavy (non-hydrogen) atoms. The van der Waals surface area contributed by atoms with Crippen LogP contribution in [0.5, 0.6) is 23.0 Å². The summed E-state index contributed by atoms with van der Waals surface area (Å²) in [5, 5.41) is 2.81. The molecule has 1 aliphatic heterocycles. The molecule has 2 aromatic carbocycles. The number of amides is 2. The van der Waals surface area contributed by atoms with Crippen molar-refractivity contribution < 1.29 is 28.5 Å². The molecule has 1 heterocycles. The second-order valence-corrected chi connectivity index (χ2v) is 6.43. The third kappa shape index (κ3) is 4.21. The molecule has 0 aromatic heterocycles. The Labute approximate surface area is 169 Å². The Morgan fingerprint density at radius 2 is 1.76 bits per heavy atom. The summed E-state index contributed by atoms with van der Waals surface area (Å²) < 4.78 is 21.5. The standard InChI is InChI=1S/C21H24N2O6/c1-13-21(25)23(15-7-5-6-8-16(15)29-13)10-9-19(24)22-14-11-17(26-2)20(28-4)18(12-14)27-3/h5-8,11-13H,9-10H2,1-4H3,(H,22,24)/t13-/m0/s1. The van der Waals surface area contributed by atoms with Gasteiger partial charge in [-0.2, -0.15) is 0 Å². The van der Waals surface area contributed by atoms with Gasteiger partial charge in [0.25, 0.3) is 5.91 Å². The number of hydrogen-bond donors (Lipinski definition) is 1. The van der Waals surface area contributed by atoms with E-state index in [1.54, 1.807) is 36.1 Å². The lowest BCUT2D eigenvalue weighted by atomic mass is 10.1. The fourth-order valence-corrected chi connectivity index (χ4v) is 3.18. The number of hydrogen-bond acceptors (Lipinski definition) is 6. The minimum Gasteiger partial charge on any atom is -0.493 e. The minimum atomic E-state index is -0.594. The van der Waals surface area contributed by atoms with Crippen molar-refractivity contribution in [2.75, 3.05) is 38.1 Å². The molecule has 2 amide bonds. The van der Waals surface area contributed by atoms with Crippen LogP contribution in [0.15, 0.2) is 36.4 Å². The topological polar surface area (TPSA) is 86.3 Å². The fraction of sp³-hybridized carbons (Fsp3) is 0.333. The lowest BCUT2D eigenvalue weighted by Gasteiger charge is -2.32. The van der Waals surface area contributed by atoms with Gasteiger partial charge in [-0.1, -0.05) is 12.1 Å². The normalized spacial score (nSPS) is 15.2. The zero-order valence-corrected chi connectivity index (χ0v) is 16.9. The van der Waals surface area contributed by atoms with Crippen molar-refractivity contribution in [1.29, 1.82) is 0 Å². The predicted octanol–water partition coefficient (Wildman–Crippen LogP) is 2.86. The van der Waals surface area contributed by atoms with Crippen LogP contribution in [0, 0.1) is 0 Å². The van der Waals surface area contributed by atoms with Crippen molar-refractivity contribution in [3.05, 3.63) is 36.4 Å². The van der Waals surface area contributed by atoms with Crippen LogP contribution in [0.4, 0.5) is 11.4 Å². The van der Waals surface area contributed by atoms with Gasteiger partial charge in [0, 0.05) is 30.8 Å². The summed E-state index contributed by atoms with van der Waals surface area (Å²) in [4.78, 5) is 26.6. The fourth-order valence-electron chi connectivity index (χ4n) is 3.18. The van der Waals surface area contributed by atoms with Gasteiger partial charge in [-0.25, -0.2) is 0 Å². The van der Waals surface area contributed by atoms with Gasteiger partial charge in [0.1, 0.15) is 5.75 Å². The van der Waals surface area contributed by atoms with Crippen LogP contribution < -0.4 is 29.2 Å². The molecule has 0 spiro atoms. The first kappa shape index (κ1) is 20.3. The third-order valence-electron chi connectivity index (χ3n) is 4.58. The number of ether oxygens (including phenoxy) is 4. The highest BCUT2D eigenvalue weighted by molar-refractivity contribution is 6.01. The molecule has 2 aromatic rings. The van der Waals surface area contributed by atoms with Crippen molar-refractivity contribution in [1.82, 2.24) is 0 Å². The third-order valence-corrected chi connectivity index (χ3v) is 4.58. The van der Waals surface area contributed by atoms with E-state index in [9.17, 15) is 9.59 Å². The number of nitrogens with zero attached hydrogens (tertiary/aromatic N) is 1. The first-order chi connectivity index (χ1) is 14.0. The molecule has 154 valence electrons. The first-order valence-electron chi connectivity index (χ1n) is 9.15. The van der Waals surface area contributed by atoms with Crippen molar-refractivity contribution in [3.8, 4) is 23.0 Å². The van der Waals surface area contributed by atoms with E-state index in [1.807, 2.05) is 12.1 Å². The summed E-state index contributed by atoms with van der Waals surface area (Å²) in [6.45, 7) is 1.93. The maximum Gasteiger partial charge on any atom is 0.267 e. The van der Waals surface area contributed by atoms with Crippen molar-refractivity contribution >= 4 is 23.2 Å². The van der Waals surface area contributed by atoms with Crippen molar-refractivity contribution in [2.45, 2.75) is 19.4 Å². The largest absolute Gasteiger partial charge is 0.493 e. The summed E-state index contributed by atoms with van der Waals surface area (Å²) in [5.41, 5.74) is 1.17. The van der Waals surface area contributed by atoms with E-state index in [1.165, 1.54) is 21.3 Å². The molecular formula is C21H24N2O6. The molecule has 0 unspecified atom stereocenters. The molecule has 0 bridgehead atoms. The van der Waals surface area contributed by atoms with Gasteiger partial charge in [0.15, 0.2) is 17.6 Å². The van der Waals surface area contributed by atoms with Gasteiger partial charge in [0.05, 0.1) is 27.0 Å². The molecule has 0 aliphatic carbocycles. The van der Waals surface area contributed by atoms with Gasteiger partial charge >= 0.3 is 0 Å². The van der Waals surface area contributed by atoms with E-state index in [0.29, 0.717) is 34.4 Å². The first-order valence-corrected chi connectivity index (χ1v) is 9.15. The molecule has 0 fully saturated rings. The Hall–Kier alpha value is -3.42. The molecule has 1 aliphatic rings. The Morgan fingerprint density at radius 1 is 1.10 bits per heavy atom. The number of para-hydroxylation sites is 2. The lowest BCUT2D eigenvalue weighted by Crippen LogP contribution is -2.45. The number of rotatable bonds is 7. The lowest BCUT2D eigenvalue weighted by molar-refractivity contribution is -0.125. The SMILES string of the molecule is COc1cc(NC(=O)CCN2C(=O)[C@H](C)Oc3ccccc32)cc(OC)c1OC. The number of benzene rings is 2. The zero-order valence-electron chi connectivity index (χ0n) is 16.9. The average Bonchev–Trinajstić information content (AvgIpc) is 2.73. The Kier molecular flexibility index (Phi) is 6.11. The van der Waals surface area contributed by atoms with Crippen LogP contribution in [0.2, 0.25) is 0 Å². The number of methoxy groups -OCH3 is 3. The molecule has 1 N–H and O–H groups in total. The van der Waals surface area contributed by atoms with E-state index in [2.05, 4.69) is 5.32 Å². The highest BCUT2D eigenvalue weighted by Gasteiger charge is 2.31. The van der Waals surface area contributed by atoms with Gasteiger partial charge in [0.2, 0.25) is 11.7 Å². The summed E-state index contributed by atoms with van der Waals surface area (Å²) in [7, 11) is 4.52. The number of carbonyl (C=O) groups is 2. The molecule has 0 saturated heterocycles. The Balaban J connectivity index is 1.71. The summed E-state index contributed by atoms with van der Waals surface area (Å²) in [6, 6.07) is 10.6. The molecule has 0 radical (unpaired) electrons. The van der Waals surface area contributed by atoms with E-state index < -0.39 is 6.10 Å². The molecular weight excluding hydrogens is 376 g/mol. The number of fused-ring (bicyclic) bond motifs is 1. The minimum absolute atomic E-state index is 0.115. The molecule has 8 heteroatoms. The maximum atomic E-state index is 12.5. The highest BCUT2D eigenvalue weighted by Crippen LogP contribution is 2.40. The summed E-state index contributed by atoms with van der Waals surface area (Å²) >= 11 is 0. The van der Waals surface area contributed by atoms with E-state index in [-0.39, 0.29) is 24.8 Å². The number of nitrogens with one attached hydrogen (secondary N) is 1. The van der Waals surface area contributed by atoms with Gasteiger partial charge in [-0.05, 0) is 19.1 Å². The maximum absolute atomic E-state index is 12.5. The van der Waals surface area contributed by atoms with Crippen LogP contribution >= 0.6 is 0 Å². The number of anilines is 2. The van der Waals surface area contributed by atoms with Gasteiger partial charge < -0.3 is 29.2 Å². The highest BCUT2D eigenvalue weighted by atomic mass is 16.5. The molecule has 3 rings (SSSR count). The van der Waals surface area contributed by atoms with E-state index in [4.69, 9.17) is 18.9 Å². The second-order valence-electron chi connectivity index (χ2n) is 6.43. The van der Waals surface area contributed by atoms with Gasteiger partial charge in [-0.3, -0.25) is 9.59 Å². The number of carbonyl (C=O) groups excluding carboxylic acids is 2. The van der Waals surface area contributed by atoms with Crippen LogP contribution in [-0.4, -0.2) is 45.8 Å². The average molecular weight is 400 g/mol. The molecule has 8 nitrogen and oxygen atoms in total. The van der Waals surface area contributed by atoms with E-state index >= 15 is 0 Å². The molecule has 0 saturated carbocycles. The quantitative estimate of drug-likeness (QED) is 0.769. The molecule has 1 atom stereocenters. The monoisotopic (exact) mass is 400 g/mol. The Bertz CT molecular complexity index is 889. The van der Waals surface area contributed by atoms with Crippen LogP contribution in [-0.2, 0) is 9.59 Å². The second kappa shape index (κ2) is 8.72. The van der Waals surface area contributed by atoms with Crippen LogP contribution in [0.25, 0.3) is 0 Å². The Morgan fingerprint density at radius 3 is 2.38 bits per heavy atom. The van der Waals surface area contributed by atoms with Crippen molar-refractivity contribution in [3.63, 3.8) is 0 Å². The zero-order chi connectivity index (χ0) is 21.0. The smallest absolute Gasteiger partial charge is 0.267 e. The van der Waals surface area contributed by atoms with Crippen LogP contribution in [0.1, 0.15) is 13.3 Å². The summed E-state index contributed by atoms with van der Waals surface area (Å²) in [6.07, 6.45) is -0.480. The van der Waals surface area contributed by atoms with Gasteiger partial charge in [-0.15, -0.1) is 0 Å². The predicted molar refractivity (Wildman–Crippen MR) is 108 cm³/mol. The van der Waals surface area contributed by atoms with Crippen molar-refractivity contribution in [2.24, 2.45) is 0 Å².